The predicted octanol–water partition coefficient (Wildman–Crippen LogP) is 4.27. The smallest absolute Gasteiger partial charge is 0.171 e. The molecule has 0 unspecified atom stereocenters. The van der Waals surface area contributed by atoms with Gasteiger partial charge in [-0.3, -0.25) is 9.36 Å². The Morgan fingerprint density at radius 2 is 1.87 bits per heavy atom. The molecule has 30 heavy (non-hydrogen) atoms. The molecule has 0 bridgehead atoms. The normalized spacial score (nSPS) is 11.0. The fourth-order valence-electron chi connectivity index (χ4n) is 3.61. The molecule has 7 heteroatoms. The summed E-state index contributed by atoms with van der Waals surface area (Å²) in [6.45, 7) is 6.45. The van der Waals surface area contributed by atoms with Crippen molar-refractivity contribution in [1.82, 2.24) is 24.9 Å². The van der Waals surface area contributed by atoms with E-state index in [1.165, 1.54) is 22.0 Å². The number of nitrogens with zero attached hydrogens (tertiary/aromatic N) is 4. The van der Waals surface area contributed by atoms with E-state index in [0.29, 0.717) is 11.7 Å². The van der Waals surface area contributed by atoms with Crippen molar-refractivity contribution in [3.05, 3.63) is 77.7 Å². The molecule has 0 saturated carbocycles. The third kappa shape index (κ3) is 4.86. The Morgan fingerprint density at radius 1 is 1.03 bits per heavy atom. The van der Waals surface area contributed by atoms with Crippen LogP contribution in [0, 0.1) is 13.8 Å². The van der Waals surface area contributed by atoms with E-state index >= 15 is 0 Å². The first kappa shape index (κ1) is 20.1. The van der Waals surface area contributed by atoms with Crippen molar-refractivity contribution >= 4 is 33.9 Å². The minimum Gasteiger partial charge on any atom is -0.362 e. The first-order chi connectivity index (χ1) is 14.6. The highest BCUT2D eigenvalue weighted by Crippen LogP contribution is 2.19. The molecule has 2 heterocycles. The Labute approximate surface area is 181 Å². The average molecular weight is 419 g/mol. The zero-order valence-corrected chi connectivity index (χ0v) is 18.1. The van der Waals surface area contributed by atoms with Crippen molar-refractivity contribution in [3.8, 4) is 0 Å². The highest BCUT2D eigenvalue weighted by molar-refractivity contribution is 7.80. The van der Waals surface area contributed by atoms with Gasteiger partial charge in [0.2, 0.25) is 0 Å². The van der Waals surface area contributed by atoms with Gasteiger partial charge in [-0.15, -0.1) is 0 Å². The number of hydrogen-bond donors (Lipinski definition) is 2. The second kappa shape index (κ2) is 9.09. The van der Waals surface area contributed by atoms with Gasteiger partial charge < -0.3 is 10.6 Å². The number of nitrogens with one attached hydrogen (secondary N) is 2. The molecule has 0 amide bonds. The standard InChI is InChI=1S/C23H26N6S/c1-17-15-18(2)29(26-17)13-6-12-24-23(30)25-22-11-14-28(27-22)16-20-9-5-8-19-7-3-4-10-21(19)20/h3-5,7-11,14-15H,6,12-13,16H2,1-2H3,(H2,24,25,27,30). The maximum atomic E-state index is 5.40. The van der Waals surface area contributed by atoms with Crippen LogP contribution in [-0.4, -0.2) is 31.2 Å². The van der Waals surface area contributed by atoms with Gasteiger partial charge >= 0.3 is 0 Å². The molecular weight excluding hydrogens is 392 g/mol. The van der Waals surface area contributed by atoms with Gasteiger partial charge in [-0.05, 0) is 54.9 Å². The molecule has 2 aromatic heterocycles. The third-order valence-corrected chi connectivity index (χ3v) is 5.28. The van der Waals surface area contributed by atoms with E-state index in [-0.39, 0.29) is 0 Å². The van der Waals surface area contributed by atoms with E-state index in [1.54, 1.807) is 0 Å². The Kier molecular flexibility index (Phi) is 6.09. The van der Waals surface area contributed by atoms with Crippen LogP contribution in [-0.2, 0) is 13.1 Å². The van der Waals surface area contributed by atoms with E-state index in [4.69, 9.17) is 12.2 Å². The molecule has 154 valence electrons. The van der Waals surface area contributed by atoms with E-state index in [1.807, 2.05) is 28.6 Å². The zero-order valence-electron chi connectivity index (χ0n) is 17.3. The molecule has 4 rings (SSSR count). The van der Waals surface area contributed by atoms with E-state index < -0.39 is 0 Å². The predicted molar refractivity (Wildman–Crippen MR) is 126 cm³/mol. The molecule has 2 N–H and O–H groups in total. The summed E-state index contributed by atoms with van der Waals surface area (Å²) in [7, 11) is 0. The molecular formula is C23H26N6S. The van der Waals surface area contributed by atoms with Crippen molar-refractivity contribution < 1.29 is 0 Å². The fourth-order valence-corrected chi connectivity index (χ4v) is 3.82. The highest BCUT2D eigenvalue weighted by Gasteiger charge is 2.05. The van der Waals surface area contributed by atoms with Crippen LogP contribution in [0.1, 0.15) is 23.4 Å². The van der Waals surface area contributed by atoms with Gasteiger partial charge in [0.15, 0.2) is 10.9 Å². The van der Waals surface area contributed by atoms with Crippen LogP contribution in [0.5, 0.6) is 0 Å². The summed E-state index contributed by atoms with van der Waals surface area (Å²) in [6.07, 6.45) is 2.91. The van der Waals surface area contributed by atoms with Gasteiger partial charge in [0.05, 0.1) is 12.2 Å². The Morgan fingerprint density at radius 3 is 2.70 bits per heavy atom. The average Bonchev–Trinajstić information content (AvgIpc) is 3.30. The molecule has 4 aromatic rings. The quantitative estimate of drug-likeness (QED) is 0.347. The van der Waals surface area contributed by atoms with Crippen LogP contribution < -0.4 is 10.6 Å². The number of hydrogen-bond acceptors (Lipinski definition) is 3. The summed E-state index contributed by atoms with van der Waals surface area (Å²) in [6, 6.07) is 18.8. The molecule has 0 aliphatic rings. The Bertz CT molecular complexity index is 1150. The van der Waals surface area contributed by atoms with Gasteiger partial charge in [0.1, 0.15) is 0 Å². The lowest BCUT2D eigenvalue weighted by Gasteiger charge is -2.09. The lowest BCUT2D eigenvalue weighted by molar-refractivity contribution is 0.558. The number of rotatable bonds is 7. The molecule has 6 nitrogen and oxygen atoms in total. The van der Waals surface area contributed by atoms with Gasteiger partial charge in [-0.25, -0.2) is 0 Å². The van der Waals surface area contributed by atoms with Crippen molar-refractivity contribution in [2.75, 3.05) is 11.9 Å². The Hall–Kier alpha value is -3.19. The number of benzene rings is 2. The topological polar surface area (TPSA) is 59.7 Å². The summed E-state index contributed by atoms with van der Waals surface area (Å²) in [4.78, 5) is 0. The summed E-state index contributed by atoms with van der Waals surface area (Å²) < 4.78 is 3.96. The highest BCUT2D eigenvalue weighted by atomic mass is 32.1. The number of aryl methyl sites for hydroxylation is 3. The van der Waals surface area contributed by atoms with Gasteiger partial charge in [-0.1, -0.05) is 42.5 Å². The maximum absolute atomic E-state index is 5.40. The monoisotopic (exact) mass is 418 g/mol. The minimum atomic E-state index is 0.582. The summed E-state index contributed by atoms with van der Waals surface area (Å²) in [5.41, 5.74) is 3.48. The van der Waals surface area contributed by atoms with E-state index in [0.717, 1.165) is 31.0 Å². The van der Waals surface area contributed by atoms with E-state index in [2.05, 4.69) is 76.3 Å². The van der Waals surface area contributed by atoms with Crippen molar-refractivity contribution in [2.24, 2.45) is 0 Å². The SMILES string of the molecule is Cc1cc(C)n(CCCNC(=S)Nc2ccn(Cc3cccc4ccccc34)n2)n1. The van der Waals surface area contributed by atoms with Crippen molar-refractivity contribution in [3.63, 3.8) is 0 Å². The van der Waals surface area contributed by atoms with Crippen LogP contribution in [0.3, 0.4) is 0 Å². The first-order valence-electron chi connectivity index (χ1n) is 10.1. The van der Waals surface area contributed by atoms with Crippen LogP contribution in [0.15, 0.2) is 60.8 Å². The molecule has 0 aliphatic heterocycles. The minimum absolute atomic E-state index is 0.582. The van der Waals surface area contributed by atoms with Crippen molar-refractivity contribution in [2.45, 2.75) is 33.4 Å². The van der Waals surface area contributed by atoms with Crippen molar-refractivity contribution in [1.29, 1.82) is 0 Å². The largest absolute Gasteiger partial charge is 0.362 e. The molecule has 0 aliphatic carbocycles. The summed E-state index contributed by atoms with van der Waals surface area (Å²) in [5.74, 6) is 0.742. The molecule has 0 atom stereocenters. The molecule has 0 saturated heterocycles. The second-order valence-corrected chi connectivity index (χ2v) is 7.83. The summed E-state index contributed by atoms with van der Waals surface area (Å²) in [5, 5.41) is 18.6. The number of anilines is 1. The van der Waals surface area contributed by atoms with Crippen LogP contribution in [0.2, 0.25) is 0 Å². The fraction of sp³-hybridized carbons (Fsp3) is 0.261. The number of fused-ring (bicyclic) bond motifs is 1. The zero-order chi connectivity index (χ0) is 20.9. The number of thiocarbonyl (C=S) groups is 1. The van der Waals surface area contributed by atoms with Crippen LogP contribution in [0.25, 0.3) is 10.8 Å². The lowest BCUT2D eigenvalue weighted by atomic mass is 10.0. The van der Waals surface area contributed by atoms with E-state index in [9.17, 15) is 0 Å². The molecule has 0 fully saturated rings. The second-order valence-electron chi connectivity index (χ2n) is 7.42. The van der Waals surface area contributed by atoms with Gasteiger partial charge in [0.25, 0.3) is 0 Å². The summed E-state index contributed by atoms with van der Waals surface area (Å²) >= 11 is 5.40. The molecule has 2 aromatic carbocycles. The first-order valence-corrected chi connectivity index (χ1v) is 10.6. The van der Waals surface area contributed by atoms with Crippen LogP contribution >= 0.6 is 12.2 Å². The lowest BCUT2D eigenvalue weighted by Crippen LogP contribution is -2.30. The maximum Gasteiger partial charge on any atom is 0.171 e. The molecule has 0 radical (unpaired) electrons. The van der Waals surface area contributed by atoms with Crippen LogP contribution in [0.4, 0.5) is 5.82 Å². The van der Waals surface area contributed by atoms with Gasteiger partial charge in [-0.2, -0.15) is 10.2 Å². The third-order valence-electron chi connectivity index (χ3n) is 5.03. The number of aromatic nitrogens is 4. The Balaban J connectivity index is 1.27. The molecule has 0 spiro atoms. The van der Waals surface area contributed by atoms with Gasteiger partial charge in [0, 0.05) is 31.0 Å².